The van der Waals surface area contributed by atoms with Gasteiger partial charge in [0, 0.05) is 26.1 Å². The van der Waals surface area contributed by atoms with Gasteiger partial charge in [0.05, 0.1) is 5.56 Å². The monoisotopic (exact) mass is 364 g/mol. The molecule has 3 heterocycles. The number of hydrogen-bond donors (Lipinski definition) is 1. The van der Waals surface area contributed by atoms with Crippen molar-refractivity contribution in [1.82, 2.24) is 5.32 Å². The van der Waals surface area contributed by atoms with Gasteiger partial charge in [-0.2, -0.15) is 0 Å². The molecule has 0 bridgehead atoms. The summed E-state index contributed by atoms with van der Waals surface area (Å²) in [5, 5.41) is 6.66. The first-order chi connectivity index (χ1) is 11.1. The summed E-state index contributed by atoms with van der Waals surface area (Å²) in [6.45, 7) is 0.320. The van der Waals surface area contributed by atoms with E-state index in [4.69, 9.17) is 17.0 Å². The van der Waals surface area contributed by atoms with E-state index in [2.05, 4.69) is 10.6 Å². The van der Waals surface area contributed by atoms with Crippen LogP contribution in [0.15, 0.2) is 36.0 Å². The Morgan fingerprint density at radius 2 is 2.08 bits per heavy atom. The summed E-state index contributed by atoms with van der Waals surface area (Å²) >= 11 is 6.39. The molecule has 2 aliphatic heterocycles. The van der Waals surface area contributed by atoms with Crippen LogP contribution in [0.1, 0.15) is 20.8 Å². The Hall–Kier alpha value is -1.51. The van der Waals surface area contributed by atoms with Crippen LogP contribution in [0.4, 0.5) is 0 Å². The number of cyclic esters (lactones) is 1. The minimum Gasteiger partial charge on any atom is -0.457 e. The van der Waals surface area contributed by atoms with Crippen LogP contribution in [0.5, 0.6) is 0 Å². The predicted molar refractivity (Wildman–Crippen MR) is 91.0 cm³/mol. The van der Waals surface area contributed by atoms with Crippen molar-refractivity contribution in [2.75, 3.05) is 0 Å². The standard InChI is InChI=1S/C16H10N2O3S2.Na/c19-14-12(17-16(22)18-14)6-10-2-4-13(23-10)8-1-3-11-9(5-8)7-21-15(11)20;/h1-6H,7H2,(H2,17,18,19,20,22);/q;+1/p-1. The molecule has 0 aliphatic carbocycles. The van der Waals surface area contributed by atoms with Gasteiger partial charge in [-0.15, -0.1) is 11.3 Å². The van der Waals surface area contributed by atoms with E-state index in [1.54, 1.807) is 12.1 Å². The SMILES string of the molecule is O=C1NC(=S)[N-]/C1=C/c1ccc(-c2ccc3c(c2)COC3=O)s1.[Na+]. The maximum atomic E-state index is 11.6. The summed E-state index contributed by atoms with van der Waals surface area (Å²) < 4.78 is 5.02. The first kappa shape index (κ1) is 17.3. The van der Waals surface area contributed by atoms with E-state index in [0.717, 1.165) is 20.9 Å². The molecule has 2 aromatic rings. The van der Waals surface area contributed by atoms with Crippen molar-refractivity contribution in [2.24, 2.45) is 0 Å². The van der Waals surface area contributed by atoms with Gasteiger partial charge in [-0.25, -0.2) is 4.79 Å². The van der Waals surface area contributed by atoms with Crippen LogP contribution in [-0.2, 0) is 16.1 Å². The molecular formula is C16H9N2NaO3S2. The molecule has 1 fully saturated rings. The number of nitrogens with zero attached hydrogens (tertiary/aromatic N) is 1. The van der Waals surface area contributed by atoms with E-state index in [1.807, 2.05) is 24.3 Å². The third-order valence-corrected chi connectivity index (χ3v) is 4.82. The molecule has 1 aromatic carbocycles. The Morgan fingerprint density at radius 1 is 1.25 bits per heavy atom. The molecule has 1 N–H and O–H groups in total. The van der Waals surface area contributed by atoms with Gasteiger partial charge in [0.1, 0.15) is 6.61 Å². The first-order valence-electron chi connectivity index (χ1n) is 6.79. The second-order valence-electron chi connectivity index (χ2n) is 5.05. The number of thiophene rings is 1. The Bertz CT molecular complexity index is 904. The summed E-state index contributed by atoms with van der Waals surface area (Å²) in [6.07, 6.45) is 1.71. The molecule has 0 spiro atoms. The van der Waals surface area contributed by atoms with Crippen LogP contribution in [0.3, 0.4) is 0 Å². The molecule has 0 unspecified atom stereocenters. The van der Waals surface area contributed by atoms with Gasteiger partial charge < -0.3 is 15.4 Å². The van der Waals surface area contributed by atoms with Crippen molar-refractivity contribution in [3.63, 3.8) is 0 Å². The minimum atomic E-state index is -0.279. The van der Waals surface area contributed by atoms with Crippen LogP contribution < -0.4 is 34.9 Å². The minimum absolute atomic E-state index is 0. The van der Waals surface area contributed by atoms with Crippen molar-refractivity contribution in [3.05, 3.63) is 57.3 Å². The quantitative estimate of drug-likeness (QED) is 0.358. The second kappa shape index (κ2) is 6.78. The maximum absolute atomic E-state index is 11.6. The number of hydrogen-bond acceptors (Lipinski definition) is 5. The smallest absolute Gasteiger partial charge is 0.457 e. The van der Waals surface area contributed by atoms with Crippen LogP contribution >= 0.6 is 23.6 Å². The van der Waals surface area contributed by atoms with Crippen molar-refractivity contribution in [1.29, 1.82) is 0 Å². The van der Waals surface area contributed by atoms with Crippen molar-refractivity contribution in [2.45, 2.75) is 6.61 Å². The summed E-state index contributed by atoms with van der Waals surface area (Å²) in [4.78, 5) is 25.1. The fourth-order valence-electron chi connectivity index (χ4n) is 2.45. The van der Waals surface area contributed by atoms with Crippen LogP contribution in [0, 0.1) is 0 Å². The summed E-state index contributed by atoms with van der Waals surface area (Å²) in [5.41, 5.74) is 2.86. The van der Waals surface area contributed by atoms with Crippen LogP contribution in [0.25, 0.3) is 21.8 Å². The fraction of sp³-hybridized carbons (Fsp3) is 0.0625. The zero-order valence-corrected chi connectivity index (χ0v) is 16.3. The topological polar surface area (TPSA) is 69.5 Å². The number of benzene rings is 1. The second-order valence-corrected chi connectivity index (χ2v) is 6.55. The Kier molecular flexibility index (Phi) is 4.89. The van der Waals surface area contributed by atoms with Crippen molar-refractivity contribution >= 4 is 46.6 Å². The Morgan fingerprint density at radius 3 is 2.83 bits per heavy atom. The van der Waals surface area contributed by atoms with Crippen molar-refractivity contribution < 1.29 is 43.9 Å². The first-order valence-corrected chi connectivity index (χ1v) is 8.01. The number of ether oxygens (including phenoxy) is 1. The predicted octanol–water partition coefficient (Wildman–Crippen LogP) is 0.219. The largest absolute Gasteiger partial charge is 1.00 e. The van der Waals surface area contributed by atoms with Gasteiger partial charge in [-0.3, -0.25) is 4.79 Å². The van der Waals surface area contributed by atoms with Crippen molar-refractivity contribution in [3.8, 4) is 10.4 Å². The van der Waals surface area contributed by atoms with E-state index in [9.17, 15) is 9.59 Å². The van der Waals surface area contributed by atoms with Crippen LogP contribution in [0.2, 0.25) is 0 Å². The molecule has 1 amide bonds. The molecular weight excluding hydrogens is 355 g/mol. The normalized spacial score (nSPS) is 17.2. The number of carbonyl (C=O) groups excluding carboxylic acids is 2. The molecule has 2 aliphatic rings. The van der Waals surface area contributed by atoms with E-state index >= 15 is 0 Å². The molecule has 8 heteroatoms. The molecule has 0 saturated carbocycles. The van der Waals surface area contributed by atoms with Gasteiger partial charge >= 0.3 is 35.5 Å². The third kappa shape index (κ3) is 3.18. The molecule has 0 atom stereocenters. The van der Waals surface area contributed by atoms with Gasteiger partial charge in [0.15, 0.2) is 5.91 Å². The number of amides is 1. The number of nitrogens with one attached hydrogen (secondary N) is 1. The summed E-state index contributed by atoms with van der Waals surface area (Å²) in [7, 11) is 0. The summed E-state index contributed by atoms with van der Waals surface area (Å²) in [5.74, 6) is -0.550. The molecule has 0 radical (unpaired) electrons. The number of fused-ring (bicyclic) bond motifs is 1. The average molecular weight is 364 g/mol. The Balaban J connectivity index is 0.00000169. The van der Waals surface area contributed by atoms with Gasteiger partial charge in [-0.05, 0) is 35.9 Å². The number of rotatable bonds is 2. The zero-order chi connectivity index (χ0) is 16.0. The number of thiocarbonyl (C=S) groups is 1. The van der Waals surface area contributed by atoms with Gasteiger partial charge in [0.25, 0.3) is 0 Å². The fourth-order valence-corrected chi connectivity index (χ4v) is 3.59. The Labute approximate surface area is 169 Å². The average Bonchev–Trinajstić information content (AvgIpc) is 3.21. The number of carbonyl (C=O) groups is 2. The third-order valence-electron chi connectivity index (χ3n) is 3.55. The molecule has 1 saturated heterocycles. The molecule has 5 nitrogen and oxygen atoms in total. The van der Waals surface area contributed by atoms with Gasteiger partial charge in [0.2, 0.25) is 0 Å². The van der Waals surface area contributed by atoms with Gasteiger partial charge in [-0.1, -0.05) is 18.3 Å². The zero-order valence-electron chi connectivity index (χ0n) is 12.7. The molecule has 24 heavy (non-hydrogen) atoms. The maximum Gasteiger partial charge on any atom is 1.00 e. The van der Waals surface area contributed by atoms with E-state index in [-0.39, 0.29) is 46.5 Å². The van der Waals surface area contributed by atoms with E-state index in [1.165, 1.54) is 11.3 Å². The molecule has 1 aromatic heterocycles. The molecule has 114 valence electrons. The van der Waals surface area contributed by atoms with E-state index in [0.29, 0.717) is 17.9 Å². The summed E-state index contributed by atoms with van der Waals surface area (Å²) in [6, 6.07) is 9.55. The number of esters is 1. The van der Waals surface area contributed by atoms with Crippen LogP contribution in [-0.4, -0.2) is 17.0 Å². The molecule has 4 rings (SSSR count). The van der Waals surface area contributed by atoms with E-state index < -0.39 is 0 Å².